The zero-order valence-electron chi connectivity index (χ0n) is 25.5. The van der Waals surface area contributed by atoms with Crippen molar-refractivity contribution < 1.29 is 23.0 Å². The molecule has 6 nitrogen and oxygen atoms in total. The summed E-state index contributed by atoms with van der Waals surface area (Å²) in [4.78, 5) is 0.132. The monoisotopic (exact) mass is 601 g/mol. The van der Waals surface area contributed by atoms with E-state index in [4.69, 9.17) is 9.47 Å². The maximum absolute atomic E-state index is 13.2. The predicted octanol–water partition coefficient (Wildman–Crippen LogP) is 7.38. The van der Waals surface area contributed by atoms with E-state index in [1.165, 1.54) is 11.1 Å². The van der Waals surface area contributed by atoms with Crippen LogP contribution in [0.15, 0.2) is 82.1 Å². The Morgan fingerprint density at radius 2 is 1.77 bits per heavy atom. The molecular formula is C36H43NO5S. The fourth-order valence-corrected chi connectivity index (χ4v) is 9.18. The third-order valence-corrected chi connectivity index (χ3v) is 11.9. The molecule has 43 heavy (non-hydrogen) atoms. The Labute approximate surface area is 256 Å². The van der Waals surface area contributed by atoms with E-state index in [0.29, 0.717) is 30.8 Å². The molecule has 2 saturated carbocycles. The second-order valence-electron chi connectivity index (χ2n) is 13.0. The maximum Gasteiger partial charge on any atom is 0.285 e. The van der Waals surface area contributed by atoms with Gasteiger partial charge < -0.3 is 14.6 Å². The van der Waals surface area contributed by atoms with Gasteiger partial charge in [0, 0.05) is 0 Å². The minimum Gasteiger partial charge on any atom is -0.489 e. The molecule has 0 saturated heterocycles. The highest BCUT2D eigenvalue weighted by Crippen LogP contribution is 2.65. The van der Waals surface area contributed by atoms with Crippen LogP contribution in [0.25, 0.3) is 0 Å². The SMILES string of the molecule is CCO/C(C[C@]1(O)CC[C@H]2[C@@H]3CCc4cc(OCc5ccccc5)ccc4[C@H]3CC[C@@]21C)=N/S(=O)(=O)c1ccc(C)cc1. The van der Waals surface area contributed by atoms with Crippen molar-refractivity contribution in [3.63, 3.8) is 0 Å². The predicted molar refractivity (Wildman–Crippen MR) is 169 cm³/mol. The zero-order valence-corrected chi connectivity index (χ0v) is 26.3. The van der Waals surface area contributed by atoms with E-state index < -0.39 is 15.6 Å². The molecule has 3 aromatic rings. The second-order valence-corrected chi connectivity index (χ2v) is 14.6. The van der Waals surface area contributed by atoms with Crippen LogP contribution in [0.2, 0.25) is 0 Å². The summed E-state index contributed by atoms with van der Waals surface area (Å²) in [6.07, 6.45) is 5.62. The van der Waals surface area contributed by atoms with E-state index in [2.05, 4.69) is 41.7 Å². The Bertz CT molecular complexity index is 1590. The van der Waals surface area contributed by atoms with Gasteiger partial charge in [0.1, 0.15) is 12.4 Å². The van der Waals surface area contributed by atoms with E-state index in [1.807, 2.05) is 32.0 Å². The summed E-state index contributed by atoms with van der Waals surface area (Å²) in [5, 5.41) is 12.2. The van der Waals surface area contributed by atoms with Crippen molar-refractivity contribution in [2.45, 2.75) is 88.7 Å². The third kappa shape index (κ3) is 5.74. The van der Waals surface area contributed by atoms with Gasteiger partial charge >= 0.3 is 0 Å². The molecule has 0 unspecified atom stereocenters. The van der Waals surface area contributed by atoms with Crippen LogP contribution >= 0.6 is 0 Å². The summed E-state index contributed by atoms with van der Waals surface area (Å²) in [5.41, 5.74) is 3.54. The third-order valence-electron chi connectivity index (χ3n) is 10.6. The fraction of sp³-hybridized carbons (Fsp3) is 0.472. The molecule has 0 aromatic heterocycles. The molecule has 6 rings (SSSR count). The number of aliphatic hydroxyl groups is 1. The van der Waals surface area contributed by atoms with Gasteiger partial charge in [-0.25, -0.2) is 0 Å². The first kappa shape index (κ1) is 29.9. The Balaban J connectivity index is 1.19. The number of aryl methyl sites for hydroxylation is 2. The van der Waals surface area contributed by atoms with Crippen LogP contribution in [-0.4, -0.2) is 31.6 Å². The largest absolute Gasteiger partial charge is 0.489 e. The van der Waals surface area contributed by atoms with Crippen molar-refractivity contribution in [3.8, 4) is 5.75 Å². The molecule has 1 N–H and O–H groups in total. The highest BCUT2D eigenvalue weighted by molar-refractivity contribution is 7.90. The molecule has 0 radical (unpaired) electrons. The first-order valence-corrected chi connectivity index (χ1v) is 17.1. The number of sulfonamides is 1. The van der Waals surface area contributed by atoms with Crippen LogP contribution in [0.5, 0.6) is 5.75 Å². The average molecular weight is 602 g/mol. The standard InChI is InChI=1S/C36H43NO5S/c1-4-41-34(37-43(39,40)29-14-10-25(2)11-15-29)23-36(38)21-19-33-32-16-12-27-22-28(42-24-26-8-6-5-7-9-26)13-17-30(27)31(32)18-20-35(33,36)3/h5-11,13-15,17,22,31-33,38H,4,12,16,18-21,23-24H2,1-3H3/b37-34+/t31-,32-,33+,35+,36-/m1/s1. The van der Waals surface area contributed by atoms with Crippen molar-refractivity contribution in [2.75, 3.05) is 6.61 Å². The van der Waals surface area contributed by atoms with Gasteiger partial charge in [0.2, 0.25) is 5.90 Å². The van der Waals surface area contributed by atoms with E-state index >= 15 is 0 Å². The number of hydrogen-bond donors (Lipinski definition) is 1. The van der Waals surface area contributed by atoms with E-state index in [9.17, 15) is 13.5 Å². The van der Waals surface area contributed by atoms with Crippen molar-refractivity contribution in [1.29, 1.82) is 0 Å². The van der Waals surface area contributed by atoms with Crippen molar-refractivity contribution in [1.82, 2.24) is 0 Å². The topological polar surface area (TPSA) is 85.2 Å². The lowest BCUT2D eigenvalue weighted by Crippen LogP contribution is -2.51. The molecule has 5 atom stereocenters. The molecule has 0 bridgehead atoms. The minimum absolute atomic E-state index is 0.103. The van der Waals surface area contributed by atoms with Crippen LogP contribution in [0.3, 0.4) is 0 Å². The van der Waals surface area contributed by atoms with E-state index in [1.54, 1.807) is 24.3 Å². The van der Waals surface area contributed by atoms with Gasteiger partial charge in [0.15, 0.2) is 0 Å². The number of ether oxygens (including phenoxy) is 2. The summed E-state index contributed by atoms with van der Waals surface area (Å²) in [7, 11) is -3.95. The summed E-state index contributed by atoms with van der Waals surface area (Å²) in [5.74, 6) is 2.33. The molecule has 3 aliphatic carbocycles. The first-order chi connectivity index (χ1) is 20.6. The number of fused-ring (bicyclic) bond motifs is 5. The molecule has 0 aliphatic heterocycles. The van der Waals surface area contributed by atoms with Crippen LogP contribution in [-0.2, 0) is 27.8 Å². The Morgan fingerprint density at radius 1 is 1.00 bits per heavy atom. The van der Waals surface area contributed by atoms with Gasteiger partial charge in [-0.05, 0) is 116 Å². The molecule has 2 fully saturated rings. The molecule has 3 aliphatic rings. The Morgan fingerprint density at radius 3 is 2.51 bits per heavy atom. The number of benzene rings is 3. The highest BCUT2D eigenvalue weighted by atomic mass is 32.2. The van der Waals surface area contributed by atoms with E-state index in [-0.39, 0.29) is 29.2 Å². The van der Waals surface area contributed by atoms with Crippen molar-refractivity contribution in [3.05, 3.63) is 95.1 Å². The smallest absolute Gasteiger partial charge is 0.285 e. The minimum atomic E-state index is -3.95. The lowest BCUT2D eigenvalue weighted by Gasteiger charge is -2.53. The van der Waals surface area contributed by atoms with Gasteiger partial charge in [0.25, 0.3) is 10.0 Å². The zero-order chi connectivity index (χ0) is 30.2. The highest BCUT2D eigenvalue weighted by Gasteiger charge is 2.61. The molecular weight excluding hydrogens is 558 g/mol. The lowest BCUT2D eigenvalue weighted by molar-refractivity contribution is -0.0998. The normalized spacial score (nSPS) is 28.5. The summed E-state index contributed by atoms with van der Waals surface area (Å²) >= 11 is 0. The molecule has 7 heteroatoms. The van der Waals surface area contributed by atoms with Gasteiger partial charge in [-0.15, -0.1) is 4.40 Å². The molecule has 0 amide bonds. The van der Waals surface area contributed by atoms with Gasteiger partial charge in [0.05, 0.1) is 23.5 Å². The fourth-order valence-electron chi connectivity index (χ4n) is 8.21. The van der Waals surface area contributed by atoms with Crippen molar-refractivity contribution in [2.24, 2.45) is 21.6 Å². The van der Waals surface area contributed by atoms with Crippen LogP contribution in [0.1, 0.15) is 80.5 Å². The number of rotatable bonds is 8. The average Bonchev–Trinajstić information content (AvgIpc) is 3.26. The summed E-state index contributed by atoms with van der Waals surface area (Å²) < 4.78 is 42.3. The van der Waals surface area contributed by atoms with Gasteiger partial charge in [-0.1, -0.05) is 61.0 Å². The Kier molecular flexibility index (Phi) is 8.16. The molecule has 228 valence electrons. The molecule has 3 aromatic carbocycles. The van der Waals surface area contributed by atoms with Crippen LogP contribution in [0.4, 0.5) is 0 Å². The quantitative estimate of drug-likeness (QED) is 0.215. The van der Waals surface area contributed by atoms with Crippen LogP contribution in [0, 0.1) is 24.2 Å². The first-order valence-electron chi connectivity index (χ1n) is 15.7. The summed E-state index contributed by atoms with van der Waals surface area (Å²) in [6, 6.07) is 23.5. The number of nitrogens with zero attached hydrogens (tertiary/aromatic N) is 1. The van der Waals surface area contributed by atoms with Gasteiger partial charge in [-0.2, -0.15) is 8.42 Å². The van der Waals surface area contributed by atoms with E-state index in [0.717, 1.165) is 49.0 Å². The van der Waals surface area contributed by atoms with Crippen LogP contribution < -0.4 is 4.74 Å². The number of hydrogen-bond acceptors (Lipinski definition) is 5. The van der Waals surface area contributed by atoms with Crippen molar-refractivity contribution >= 4 is 15.9 Å². The second kappa shape index (κ2) is 11.7. The Hall–Kier alpha value is -3.16. The lowest BCUT2D eigenvalue weighted by atomic mass is 9.53. The summed E-state index contributed by atoms with van der Waals surface area (Å²) in [6.45, 7) is 6.80. The molecule has 0 heterocycles. The maximum atomic E-state index is 13.2. The van der Waals surface area contributed by atoms with Gasteiger partial charge in [-0.3, -0.25) is 0 Å². The molecule has 0 spiro atoms.